The number of hydrogen-bond donors (Lipinski definition) is 1. The monoisotopic (exact) mass is 364 g/mol. The summed E-state index contributed by atoms with van der Waals surface area (Å²) < 4.78 is 5.98. The summed E-state index contributed by atoms with van der Waals surface area (Å²) in [5.74, 6) is 0.770. The fourth-order valence-corrected chi connectivity index (χ4v) is 4.03. The van der Waals surface area contributed by atoms with Crippen LogP contribution >= 0.6 is 22.9 Å². The maximum absolute atomic E-state index is 12.3. The molecule has 3 rings (SSSR count). The number of benzene rings is 1. The van der Waals surface area contributed by atoms with E-state index in [9.17, 15) is 4.79 Å². The van der Waals surface area contributed by atoms with Gasteiger partial charge in [-0.05, 0) is 55.8 Å². The van der Waals surface area contributed by atoms with Crippen molar-refractivity contribution in [2.24, 2.45) is 0 Å². The lowest BCUT2D eigenvalue weighted by atomic mass is 10.0. The molecule has 1 atom stereocenters. The standard InChI is InChI=1S/C18H21ClN2O2S/c1-23-14-6-4-5-13(11-14)15(21-9-2-3-10-21)12-20-18(22)16-7-8-17(19)24-16/h4-8,11,15H,2-3,9-10,12H2,1H3,(H,20,22). The topological polar surface area (TPSA) is 41.6 Å². The molecule has 1 saturated heterocycles. The molecule has 1 aliphatic heterocycles. The van der Waals surface area contributed by atoms with Crippen molar-refractivity contribution in [3.63, 3.8) is 0 Å². The van der Waals surface area contributed by atoms with Gasteiger partial charge in [0.25, 0.3) is 5.91 Å². The first-order chi connectivity index (χ1) is 11.7. The van der Waals surface area contributed by atoms with Crippen molar-refractivity contribution in [2.45, 2.75) is 18.9 Å². The van der Waals surface area contributed by atoms with Crippen molar-refractivity contribution in [1.29, 1.82) is 0 Å². The van der Waals surface area contributed by atoms with E-state index in [0.717, 1.165) is 18.8 Å². The molecule has 1 aliphatic rings. The Bertz CT molecular complexity index is 698. The zero-order chi connectivity index (χ0) is 16.9. The minimum Gasteiger partial charge on any atom is -0.497 e. The second-order valence-electron chi connectivity index (χ2n) is 5.85. The molecule has 0 saturated carbocycles. The van der Waals surface area contributed by atoms with Gasteiger partial charge in [-0.25, -0.2) is 0 Å². The first kappa shape index (κ1) is 17.3. The van der Waals surface area contributed by atoms with Crippen molar-refractivity contribution in [3.8, 4) is 5.75 Å². The highest BCUT2D eigenvalue weighted by Gasteiger charge is 2.24. The third-order valence-corrected chi connectivity index (χ3v) is 5.54. The third kappa shape index (κ3) is 4.09. The van der Waals surface area contributed by atoms with E-state index in [1.54, 1.807) is 19.2 Å². The number of thiophene rings is 1. The normalized spacial score (nSPS) is 16.1. The van der Waals surface area contributed by atoms with Crippen molar-refractivity contribution in [3.05, 3.63) is 51.2 Å². The van der Waals surface area contributed by atoms with Crippen LogP contribution in [0.5, 0.6) is 5.75 Å². The van der Waals surface area contributed by atoms with E-state index >= 15 is 0 Å². The average molecular weight is 365 g/mol. The number of likely N-dealkylation sites (tertiary alicyclic amines) is 1. The van der Waals surface area contributed by atoms with Gasteiger partial charge in [0, 0.05) is 6.54 Å². The fourth-order valence-electron chi connectivity index (χ4n) is 3.07. The summed E-state index contributed by atoms with van der Waals surface area (Å²) in [7, 11) is 1.67. The molecule has 0 bridgehead atoms. The predicted octanol–water partition coefficient (Wildman–Crippen LogP) is 3.98. The van der Waals surface area contributed by atoms with Crippen LogP contribution in [0.1, 0.15) is 34.1 Å². The van der Waals surface area contributed by atoms with Crippen LogP contribution in [-0.2, 0) is 0 Å². The van der Waals surface area contributed by atoms with Gasteiger partial charge in [-0.3, -0.25) is 9.69 Å². The number of rotatable bonds is 6. The number of methoxy groups -OCH3 is 1. The van der Waals surface area contributed by atoms with Gasteiger partial charge in [0.05, 0.1) is 22.4 Å². The van der Waals surface area contributed by atoms with E-state index in [-0.39, 0.29) is 11.9 Å². The second-order valence-corrected chi connectivity index (χ2v) is 7.56. The maximum atomic E-state index is 12.3. The number of carbonyl (C=O) groups excluding carboxylic acids is 1. The smallest absolute Gasteiger partial charge is 0.261 e. The van der Waals surface area contributed by atoms with Gasteiger partial charge in [0.1, 0.15) is 5.75 Å². The largest absolute Gasteiger partial charge is 0.497 e. The van der Waals surface area contributed by atoms with Gasteiger partial charge < -0.3 is 10.1 Å². The summed E-state index contributed by atoms with van der Waals surface area (Å²) in [5, 5.41) is 3.06. The lowest BCUT2D eigenvalue weighted by Gasteiger charge is -2.28. The number of halogens is 1. The Kier molecular flexibility index (Phi) is 5.76. The molecule has 1 unspecified atom stereocenters. The average Bonchev–Trinajstić information content (AvgIpc) is 3.27. The maximum Gasteiger partial charge on any atom is 0.261 e. The van der Waals surface area contributed by atoms with Crippen LogP contribution in [0.15, 0.2) is 36.4 Å². The highest BCUT2D eigenvalue weighted by molar-refractivity contribution is 7.17. The molecule has 0 radical (unpaired) electrons. The van der Waals surface area contributed by atoms with E-state index in [0.29, 0.717) is 15.8 Å². The van der Waals surface area contributed by atoms with Crippen LogP contribution in [-0.4, -0.2) is 37.6 Å². The van der Waals surface area contributed by atoms with E-state index < -0.39 is 0 Å². The molecule has 1 aromatic carbocycles. The molecular weight excluding hydrogens is 344 g/mol. The highest BCUT2D eigenvalue weighted by Crippen LogP contribution is 2.27. The SMILES string of the molecule is COc1cccc(C(CNC(=O)c2ccc(Cl)s2)N2CCCC2)c1. The Morgan fingerprint density at radius 2 is 2.12 bits per heavy atom. The summed E-state index contributed by atoms with van der Waals surface area (Å²) in [5.41, 5.74) is 1.17. The molecule has 1 amide bonds. The van der Waals surface area contributed by atoms with Gasteiger partial charge >= 0.3 is 0 Å². The molecule has 4 nitrogen and oxygen atoms in total. The van der Waals surface area contributed by atoms with Crippen molar-refractivity contribution < 1.29 is 9.53 Å². The zero-order valence-corrected chi connectivity index (χ0v) is 15.2. The molecule has 1 aromatic heterocycles. The first-order valence-corrected chi connectivity index (χ1v) is 9.28. The molecule has 6 heteroatoms. The van der Waals surface area contributed by atoms with Crippen LogP contribution in [0.25, 0.3) is 0 Å². The Balaban J connectivity index is 1.73. The molecular formula is C18H21ClN2O2S. The number of nitrogens with one attached hydrogen (secondary N) is 1. The zero-order valence-electron chi connectivity index (χ0n) is 13.6. The number of hydrogen-bond acceptors (Lipinski definition) is 4. The van der Waals surface area contributed by atoms with Crippen LogP contribution in [0.3, 0.4) is 0 Å². The lowest BCUT2D eigenvalue weighted by molar-refractivity contribution is 0.0942. The quantitative estimate of drug-likeness (QED) is 0.843. The van der Waals surface area contributed by atoms with Crippen molar-refractivity contribution >= 4 is 28.8 Å². The molecule has 1 fully saturated rings. The van der Waals surface area contributed by atoms with Crippen LogP contribution in [0, 0.1) is 0 Å². The number of amides is 1. The lowest BCUT2D eigenvalue weighted by Crippen LogP contribution is -2.36. The first-order valence-electron chi connectivity index (χ1n) is 8.09. The van der Waals surface area contributed by atoms with E-state index in [4.69, 9.17) is 16.3 Å². The molecule has 1 N–H and O–H groups in total. The van der Waals surface area contributed by atoms with Crippen LogP contribution < -0.4 is 10.1 Å². The molecule has 2 heterocycles. The summed E-state index contributed by atoms with van der Waals surface area (Å²) in [6.45, 7) is 2.69. The summed E-state index contributed by atoms with van der Waals surface area (Å²) in [6, 6.07) is 11.8. The van der Waals surface area contributed by atoms with Crippen LogP contribution in [0.4, 0.5) is 0 Å². The third-order valence-electron chi connectivity index (χ3n) is 4.31. The van der Waals surface area contributed by atoms with E-state index in [1.165, 1.54) is 29.7 Å². The van der Waals surface area contributed by atoms with Crippen molar-refractivity contribution in [2.75, 3.05) is 26.7 Å². The molecule has 2 aromatic rings. The minimum absolute atomic E-state index is 0.0704. The summed E-state index contributed by atoms with van der Waals surface area (Å²) in [6.07, 6.45) is 2.41. The van der Waals surface area contributed by atoms with Crippen LogP contribution in [0.2, 0.25) is 4.34 Å². The predicted molar refractivity (Wildman–Crippen MR) is 98.2 cm³/mol. The number of carbonyl (C=O) groups is 1. The van der Waals surface area contributed by atoms with E-state index in [2.05, 4.69) is 22.3 Å². The second kappa shape index (κ2) is 8.01. The Morgan fingerprint density at radius 3 is 2.79 bits per heavy atom. The number of nitrogens with zero attached hydrogens (tertiary/aromatic N) is 1. The van der Waals surface area contributed by atoms with Gasteiger partial charge in [0.15, 0.2) is 0 Å². The minimum atomic E-state index is -0.0704. The Labute approximate surface area is 151 Å². The Morgan fingerprint density at radius 1 is 1.33 bits per heavy atom. The summed E-state index contributed by atoms with van der Waals surface area (Å²) in [4.78, 5) is 15.4. The van der Waals surface area contributed by atoms with E-state index in [1.807, 2.05) is 12.1 Å². The highest BCUT2D eigenvalue weighted by atomic mass is 35.5. The number of ether oxygens (including phenoxy) is 1. The molecule has 0 aliphatic carbocycles. The Hall–Kier alpha value is -1.56. The van der Waals surface area contributed by atoms with Gasteiger partial charge in [-0.15, -0.1) is 11.3 Å². The van der Waals surface area contributed by atoms with Gasteiger partial charge in [-0.2, -0.15) is 0 Å². The van der Waals surface area contributed by atoms with Gasteiger partial charge in [0.2, 0.25) is 0 Å². The molecule has 0 spiro atoms. The fraction of sp³-hybridized carbons (Fsp3) is 0.389. The van der Waals surface area contributed by atoms with Gasteiger partial charge in [-0.1, -0.05) is 23.7 Å². The summed E-state index contributed by atoms with van der Waals surface area (Å²) >= 11 is 7.22. The van der Waals surface area contributed by atoms with Crippen molar-refractivity contribution in [1.82, 2.24) is 10.2 Å². The molecule has 24 heavy (non-hydrogen) atoms. The molecule has 128 valence electrons.